The van der Waals surface area contributed by atoms with Gasteiger partial charge >= 0.3 is 6.36 Å². The van der Waals surface area contributed by atoms with Gasteiger partial charge in [-0.15, -0.1) is 13.2 Å². The first-order valence-corrected chi connectivity index (χ1v) is 11.6. The van der Waals surface area contributed by atoms with E-state index in [1.165, 1.54) is 12.1 Å². The Labute approximate surface area is 200 Å². The Morgan fingerprint density at radius 3 is 2.47 bits per heavy atom. The Morgan fingerprint density at radius 2 is 1.85 bits per heavy atom. The van der Waals surface area contributed by atoms with E-state index >= 15 is 0 Å². The molecule has 1 unspecified atom stereocenters. The van der Waals surface area contributed by atoms with Crippen molar-refractivity contribution in [3.63, 3.8) is 0 Å². The van der Waals surface area contributed by atoms with Gasteiger partial charge in [0.2, 0.25) is 0 Å². The molecule has 9 heteroatoms. The minimum absolute atomic E-state index is 0.0954. The Kier molecular flexibility index (Phi) is 6.82. The molecule has 1 heterocycles. The fraction of sp³-hybridized carbons (Fsp3) is 0.400. The maximum atomic E-state index is 12.5. The molecule has 1 aliphatic carbocycles. The molecule has 1 aromatic heterocycles. The van der Waals surface area contributed by atoms with E-state index in [0.717, 1.165) is 30.2 Å². The number of rotatable bonds is 6. The van der Waals surface area contributed by atoms with E-state index < -0.39 is 6.36 Å². The number of hydrogen-bond donors (Lipinski definition) is 2. The van der Waals surface area contributed by atoms with Crippen molar-refractivity contribution in [1.82, 2.24) is 4.98 Å². The average molecular weight is 495 g/mol. The highest BCUT2D eigenvalue weighted by Crippen LogP contribution is 2.44. The van der Waals surface area contributed by atoms with Gasteiger partial charge in [-0.05, 0) is 73.4 Å². The molecule has 0 radical (unpaired) electrons. The monoisotopic (exact) mass is 494 g/mol. The largest absolute Gasteiger partial charge is 0.573 e. The van der Waals surface area contributed by atoms with Gasteiger partial charge in [-0.3, -0.25) is 4.79 Å². The summed E-state index contributed by atoms with van der Waals surface area (Å²) in [5.74, 6) is 0.268. The zero-order chi connectivity index (χ0) is 24.5. The molecule has 0 saturated heterocycles. The minimum Gasteiger partial charge on any atom is -0.489 e. The number of ether oxygens (including phenoxy) is 2. The molecule has 5 nitrogen and oxygen atoms in total. The van der Waals surface area contributed by atoms with Crippen LogP contribution in [0.3, 0.4) is 0 Å². The predicted molar refractivity (Wildman–Crippen MR) is 126 cm³/mol. The lowest BCUT2D eigenvalue weighted by molar-refractivity contribution is -0.274. The van der Waals surface area contributed by atoms with E-state index in [-0.39, 0.29) is 28.9 Å². The van der Waals surface area contributed by atoms with E-state index in [1.54, 1.807) is 36.5 Å². The van der Waals surface area contributed by atoms with Gasteiger partial charge in [0.05, 0.1) is 11.1 Å². The molecule has 34 heavy (non-hydrogen) atoms. The summed E-state index contributed by atoms with van der Waals surface area (Å²) < 4.78 is 47.8. The number of halogens is 4. The van der Waals surface area contributed by atoms with Gasteiger partial charge < -0.3 is 20.2 Å². The quantitative estimate of drug-likeness (QED) is 0.435. The van der Waals surface area contributed by atoms with Gasteiger partial charge in [-0.25, -0.2) is 0 Å². The normalized spacial score (nSPS) is 21.9. The molecule has 3 N–H and O–H groups in total. The highest BCUT2D eigenvalue weighted by atomic mass is 35.5. The first-order valence-electron chi connectivity index (χ1n) is 11.2. The molecule has 0 bridgehead atoms. The standard InChI is InChI=1S/C25H26ClF3N2O3/c1-2-22(30)24(16-3-5-18(6-4-16)34-25(27,28)29)10-7-17(8-11-24)33-21-13-15-9-12-31-23(32)19(15)14-20(21)26/h3-6,9,12-14,17,22H,2,7-8,10-11,30H2,1H3,(H,31,32)/t17-,22?,24+. The lowest BCUT2D eigenvalue weighted by atomic mass is 9.64. The highest BCUT2D eigenvalue weighted by molar-refractivity contribution is 6.32. The second kappa shape index (κ2) is 9.50. The molecular weight excluding hydrogens is 469 g/mol. The van der Waals surface area contributed by atoms with Crippen LogP contribution in [0.15, 0.2) is 53.5 Å². The number of hydrogen-bond acceptors (Lipinski definition) is 4. The van der Waals surface area contributed by atoms with Crippen molar-refractivity contribution < 1.29 is 22.6 Å². The number of benzene rings is 2. The molecule has 1 atom stereocenters. The van der Waals surface area contributed by atoms with Crippen LogP contribution in [0.2, 0.25) is 5.02 Å². The van der Waals surface area contributed by atoms with Crippen LogP contribution in [0.25, 0.3) is 10.8 Å². The summed E-state index contributed by atoms with van der Waals surface area (Å²) in [7, 11) is 0. The van der Waals surface area contributed by atoms with Gasteiger partial charge in [0.15, 0.2) is 0 Å². The fourth-order valence-corrected chi connectivity index (χ4v) is 5.14. The van der Waals surface area contributed by atoms with E-state index in [1.807, 2.05) is 6.92 Å². The van der Waals surface area contributed by atoms with Crippen molar-refractivity contribution in [3.05, 3.63) is 69.6 Å². The van der Waals surface area contributed by atoms with Crippen LogP contribution < -0.4 is 20.8 Å². The second-order valence-electron chi connectivity index (χ2n) is 8.74. The molecule has 0 spiro atoms. The lowest BCUT2D eigenvalue weighted by Crippen LogP contribution is -2.48. The summed E-state index contributed by atoms with van der Waals surface area (Å²) in [5.41, 5.74) is 6.86. The molecule has 1 saturated carbocycles. The third-order valence-corrected chi connectivity index (χ3v) is 7.05. The Bertz CT molecular complexity index is 1200. The Hall–Kier alpha value is -2.71. The van der Waals surface area contributed by atoms with Gasteiger partial charge in [-0.2, -0.15) is 0 Å². The van der Waals surface area contributed by atoms with Crippen LogP contribution >= 0.6 is 11.6 Å². The van der Waals surface area contributed by atoms with Crippen LogP contribution in [-0.2, 0) is 5.41 Å². The average Bonchev–Trinajstić information content (AvgIpc) is 2.80. The van der Waals surface area contributed by atoms with Crippen LogP contribution in [0.5, 0.6) is 11.5 Å². The van der Waals surface area contributed by atoms with E-state index in [9.17, 15) is 18.0 Å². The smallest absolute Gasteiger partial charge is 0.489 e. The van der Waals surface area contributed by atoms with E-state index in [2.05, 4.69) is 9.72 Å². The summed E-state index contributed by atoms with van der Waals surface area (Å²) >= 11 is 6.39. The van der Waals surface area contributed by atoms with Gasteiger partial charge in [0, 0.05) is 23.0 Å². The third-order valence-electron chi connectivity index (χ3n) is 6.76. The zero-order valence-corrected chi connectivity index (χ0v) is 19.4. The Balaban J connectivity index is 1.52. The summed E-state index contributed by atoms with van der Waals surface area (Å²) in [5, 5.41) is 1.60. The minimum atomic E-state index is -4.73. The molecular formula is C25H26ClF3N2O3. The summed E-state index contributed by atoms with van der Waals surface area (Å²) in [6.07, 6.45) is 0.337. The Morgan fingerprint density at radius 1 is 1.18 bits per heavy atom. The van der Waals surface area contributed by atoms with E-state index in [0.29, 0.717) is 29.0 Å². The number of alkyl halides is 3. The van der Waals surface area contributed by atoms with Crippen molar-refractivity contribution in [2.75, 3.05) is 0 Å². The number of H-pyrrole nitrogens is 1. The first kappa shape index (κ1) is 24.4. The first-order chi connectivity index (χ1) is 16.1. The summed E-state index contributed by atoms with van der Waals surface area (Å²) in [6.45, 7) is 2.01. The maximum Gasteiger partial charge on any atom is 0.573 e. The summed E-state index contributed by atoms with van der Waals surface area (Å²) in [6, 6.07) is 11.0. The molecule has 1 aliphatic rings. The number of nitrogens with one attached hydrogen (secondary N) is 1. The second-order valence-corrected chi connectivity index (χ2v) is 9.14. The molecule has 3 aromatic rings. The highest BCUT2D eigenvalue weighted by Gasteiger charge is 2.42. The van der Waals surface area contributed by atoms with Crippen LogP contribution in [0.1, 0.15) is 44.6 Å². The molecule has 0 amide bonds. The number of fused-ring (bicyclic) bond motifs is 1. The number of pyridine rings is 1. The van der Waals surface area contributed by atoms with Crippen molar-refractivity contribution in [2.45, 2.75) is 63.0 Å². The molecule has 1 fully saturated rings. The lowest BCUT2D eigenvalue weighted by Gasteiger charge is -2.44. The van der Waals surface area contributed by atoms with Crippen molar-refractivity contribution >= 4 is 22.4 Å². The third kappa shape index (κ3) is 5.03. The van der Waals surface area contributed by atoms with Crippen LogP contribution in [0, 0.1) is 0 Å². The SMILES string of the molecule is CCC(N)[C@]1(c2ccc(OC(F)(F)F)cc2)CC[C@H](Oc2cc3cc[nH]c(=O)c3cc2Cl)CC1. The number of aromatic nitrogens is 1. The van der Waals surface area contributed by atoms with Gasteiger partial charge in [0.25, 0.3) is 5.56 Å². The van der Waals surface area contributed by atoms with Crippen molar-refractivity contribution in [2.24, 2.45) is 5.73 Å². The van der Waals surface area contributed by atoms with Crippen LogP contribution in [0.4, 0.5) is 13.2 Å². The fourth-order valence-electron chi connectivity index (χ4n) is 4.94. The number of aromatic amines is 1. The van der Waals surface area contributed by atoms with Crippen molar-refractivity contribution in [1.29, 1.82) is 0 Å². The maximum absolute atomic E-state index is 12.5. The van der Waals surface area contributed by atoms with Gasteiger partial charge in [0.1, 0.15) is 11.5 Å². The molecule has 0 aliphatic heterocycles. The number of nitrogens with two attached hydrogens (primary N) is 1. The van der Waals surface area contributed by atoms with Crippen LogP contribution in [-0.4, -0.2) is 23.5 Å². The van der Waals surface area contributed by atoms with E-state index in [4.69, 9.17) is 22.1 Å². The molecule has 182 valence electrons. The van der Waals surface area contributed by atoms with Gasteiger partial charge in [-0.1, -0.05) is 30.7 Å². The molecule has 4 rings (SSSR count). The predicted octanol–water partition coefficient (Wildman–Crippen LogP) is 6.08. The zero-order valence-electron chi connectivity index (χ0n) is 18.6. The van der Waals surface area contributed by atoms with Crippen molar-refractivity contribution in [3.8, 4) is 11.5 Å². The topological polar surface area (TPSA) is 77.3 Å². The summed E-state index contributed by atoms with van der Waals surface area (Å²) in [4.78, 5) is 14.6. The molecule has 2 aromatic carbocycles.